The van der Waals surface area contributed by atoms with Gasteiger partial charge in [0.1, 0.15) is 11.3 Å². The minimum Gasteiger partial charge on any atom is -0.350 e. The standard InChI is InChI=1S/C13H17N5OS/c1-8(2)15-12(19)11-9-5-3-4-6-10(9)20-13(11)18-7-14-16-17-18/h7-8H,3-6H2,1-2H3,(H,15,19). The summed E-state index contributed by atoms with van der Waals surface area (Å²) in [7, 11) is 0. The molecule has 0 saturated carbocycles. The van der Waals surface area contributed by atoms with Gasteiger partial charge in [-0.05, 0) is 55.5 Å². The third-order valence-electron chi connectivity index (χ3n) is 3.36. The number of aryl methyl sites for hydroxylation is 1. The van der Waals surface area contributed by atoms with Gasteiger partial charge in [-0.1, -0.05) is 0 Å². The smallest absolute Gasteiger partial charge is 0.254 e. The van der Waals surface area contributed by atoms with E-state index in [-0.39, 0.29) is 11.9 Å². The van der Waals surface area contributed by atoms with Crippen LogP contribution in [0.5, 0.6) is 0 Å². The van der Waals surface area contributed by atoms with E-state index in [1.807, 2.05) is 13.8 Å². The zero-order chi connectivity index (χ0) is 14.1. The highest BCUT2D eigenvalue weighted by atomic mass is 32.1. The van der Waals surface area contributed by atoms with E-state index in [0.29, 0.717) is 0 Å². The van der Waals surface area contributed by atoms with Crippen molar-refractivity contribution in [3.63, 3.8) is 0 Å². The van der Waals surface area contributed by atoms with Gasteiger partial charge in [-0.2, -0.15) is 4.68 Å². The Morgan fingerprint density at radius 3 is 2.90 bits per heavy atom. The lowest BCUT2D eigenvalue weighted by atomic mass is 9.95. The number of carbonyl (C=O) groups excluding carboxylic acids is 1. The van der Waals surface area contributed by atoms with Crippen LogP contribution in [-0.2, 0) is 12.8 Å². The number of nitrogens with zero attached hydrogens (tertiary/aromatic N) is 4. The van der Waals surface area contributed by atoms with E-state index in [0.717, 1.165) is 29.8 Å². The van der Waals surface area contributed by atoms with Crippen LogP contribution in [0.1, 0.15) is 47.5 Å². The molecule has 7 heteroatoms. The summed E-state index contributed by atoms with van der Waals surface area (Å²) in [6.07, 6.45) is 5.89. The summed E-state index contributed by atoms with van der Waals surface area (Å²) >= 11 is 1.63. The second-order valence-electron chi connectivity index (χ2n) is 5.27. The van der Waals surface area contributed by atoms with Gasteiger partial charge in [-0.15, -0.1) is 16.4 Å². The molecule has 0 radical (unpaired) electrons. The number of nitrogens with one attached hydrogen (secondary N) is 1. The summed E-state index contributed by atoms with van der Waals surface area (Å²) in [4.78, 5) is 13.8. The first kappa shape index (κ1) is 13.2. The number of aromatic nitrogens is 4. The number of carbonyl (C=O) groups is 1. The minimum atomic E-state index is -0.0232. The van der Waals surface area contributed by atoms with Crippen LogP contribution < -0.4 is 5.32 Å². The number of rotatable bonds is 3. The Kier molecular flexibility index (Phi) is 3.52. The lowest BCUT2D eigenvalue weighted by molar-refractivity contribution is 0.0942. The molecule has 1 aliphatic carbocycles. The average Bonchev–Trinajstić information content (AvgIpc) is 3.04. The normalized spacial score (nSPS) is 14.3. The van der Waals surface area contributed by atoms with Gasteiger partial charge in [0.05, 0.1) is 5.56 Å². The highest BCUT2D eigenvalue weighted by Gasteiger charge is 2.27. The Morgan fingerprint density at radius 2 is 2.20 bits per heavy atom. The average molecular weight is 291 g/mol. The third-order valence-corrected chi connectivity index (χ3v) is 4.64. The van der Waals surface area contributed by atoms with Crippen molar-refractivity contribution in [3.05, 3.63) is 22.3 Å². The maximum atomic E-state index is 12.5. The van der Waals surface area contributed by atoms with Crippen LogP contribution in [0.3, 0.4) is 0 Å². The Bertz CT molecular complexity index is 617. The van der Waals surface area contributed by atoms with Crippen molar-refractivity contribution >= 4 is 17.2 Å². The van der Waals surface area contributed by atoms with E-state index in [9.17, 15) is 4.79 Å². The monoisotopic (exact) mass is 291 g/mol. The number of hydrogen-bond acceptors (Lipinski definition) is 5. The van der Waals surface area contributed by atoms with Gasteiger partial charge >= 0.3 is 0 Å². The molecule has 0 aromatic carbocycles. The molecule has 0 spiro atoms. The van der Waals surface area contributed by atoms with Gasteiger partial charge in [0.25, 0.3) is 5.91 Å². The summed E-state index contributed by atoms with van der Waals surface area (Å²) in [5.41, 5.74) is 1.94. The fourth-order valence-electron chi connectivity index (χ4n) is 2.54. The zero-order valence-corrected chi connectivity index (χ0v) is 12.4. The molecule has 106 valence electrons. The molecular weight excluding hydrogens is 274 g/mol. The van der Waals surface area contributed by atoms with Crippen molar-refractivity contribution in [3.8, 4) is 5.00 Å². The number of amides is 1. The molecule has 3 rings (SSSR count). The summed E-state index contributed by atoms with van der Waals surface area (Å²) in [5, 5.41) is 15.1. The van der Waals surface area contributed by atoms with Crippen LogP contribution in [0.15, 0.2) is 6.33 Å². The molecule has 0 unspecified atom stereocenters. The van der Waals surface area contributed by atoms with Crippen molar-refractivity contribution in [2.24, 2.45) is 0 Å². The van der Waals surface area contributed by atoms with E-state index in [2.05, 4.69) is 20.8 Å². The molecule has 6 nitrogen and oxygen atoms in total. The van der Waals surface area contributed by atoms with Gasteiger partial charge in [-0.3, -0.25) is 4.79 Å². The van der Waals surface area contributed by atoms with Crippen molar-refractivity contribution in [2.75, 3.05) is 0 Å². The molecule has 0 atom stereocenters. The fraction of sp³-hybridized carbons (Fsp3) is 0.538. The molecule has 0 fully saturated rings. The molecule has 2 heterocycles. The number of thiophene rings is 1. The molecular formula is C13H17N5OS. The molecule has 0 saturated heterocycles. The van der Waals surface area contributed by atoms with Crippen LogP contribution in [-0.4, -0.2) is 32.2 Å². The minimum absolute atomic E-state index is 0.0232. The topological polar surface area (TPSA) is 72.7 Å². The van der Waals surface area contributed by atoms with E-state index >= 15 is 0 Å². The van der Waals surface area contributed by atoms with E-state index in [1.54, 1.807) is 22.3 Å². The largest absolute Gasteiger partial charge is 0.350 e. The van der Waals surface area contributed by atoms with Crippen LogP contribution >= 0.6 is 11.3 Å². The lowest BCUT2D eigenvalue weighted by Gasteiger charge is -2.14. The molecule has 2 aromatic heterocycles. The van der Waals surface area contributed by atoms with E-state index in [1.165, 1.54) is 16.9 Å². The Hall–Kier alpha value is -1.76. The van der Waals surface area contributed by atoms with Gasteiger partial charge in [0.2, 0.25) is 0 Å². The quantitative estimate of drug-likeness (QED) is 0.935. The Labute approximate surface area is 121 Å². The molecule has 1 aliphatic rings. The first-order valence-electron chi connectivity index (χ1n) is 6.85. The zero-order valence-electron chi connectivity index (χ0n) is 11.6. The van der Waals surface area contributed by atoms with Crippen LogP contribution in [0.4, 0.5) is 0 Å². The third kappa shape index (κ3) is 2.33. The summed E-state index contributed by atoms with van der Waals surface area (Å²) < 4.78 is 1.60. The first-order chi connectivity index (χ1) is 9.66. The number of fused-ring (bicyclic) bond motifs is 1. The van der Waals surface area contributed by atoms with Gasteiger partial charge < -0.3 is 5.32 Å². The molecule has 1 N–H and O–H groups in total. The van der Waals surface area contributed by atoms with Crippen LogP contribution in [0.25, 0.3) is 5.00 Å². The molecule has 2 aromatic rings. The van der Waals surface area contributed by atoms with Crippen molar-refractivity contribution in [1.29, 1.82) is 0 Å². The van der Waals surface area contributed by atoms with Crippen LogP contribution in [0.2, 0.25) is 0 Å². The van der Waals surface area contributed by atoms with Gasteiger partial charge in [0.15, 0.2) is 0 Å². The van der Waals surface area contributed by atoms with Gasteiger partial charge in [0, 0.05) is 10.9 Å². The van der Waals surface area contributed by atoms with E-state index in [4.69, 9.17) is 0 Å². The SMILES string of the molecule is CC(C)NC(=O)c1c(-n2cnnn2)sc2c1CCCC2. The second-order valence-corrected chi connectivity index (χ2v) is 6.36. The van der Waals surface area contributed by atoms with E-state index < -0.39 is 0 Å². The molecule has 0 aliphatic heterocycles. The maximum Gasteiger partial charge on any atom is 0.254 e. The number of hydrogen-bond donors (Lipinski definition) is 1. The van der Waals surface area contributed by atoms with Crippen molar-refractivity contribution in [2.45, 2.75) is 45.6 Å². The van der Waals surface area contributed by atoms with Crippen LogP contribution in [0, 0.1) is 0 Å². The first-order valence-corrected chi connectivity index (χ1v) is 7.67. The Morgan fingerprint density at radius 1 is 1.40 bits per heavy atom. The molecule has 1 amide bonds. The van der Waals surface area contributed by atoms with Crippen molar-refractivity contribution < 1.29 is 4.79 Å². The highest BCUT2D eigenvalue weighted by Crippen LogP contribution is 2.36. The predicted molar refractivity (Wildman–Crippen MR) is 76.3 cm³/mol. The maximum absolute atomic E-state index is 12.5. The summed E-state index contributed by atoms with van der Waals surface area (Å²) in [6.45, 7) is 3.93. The van der Waals surface area contributed by atoms with Gasteiger partial charge in [-0.25, -0.2) is 0 Å². The number of tetrazole rings is 1. The summed E-state index contributed by atoms with van der Waals surface area (Å²) in [6, 6.07) is 0.114. The molecule has 0 bridgehead atoms. The lowest BCUT2D eigenvalue weighted by Crippen LogP contribution is -2.31. The summed E-state index contributed by atoms with van der Waals surface area (Å²) in [5.74, 6) is -0.0232. The fourth-order valence-corrected chi connectivity index (χ4v) is 3.84. The highest BCUT2D eigenvalue weighted by molar-refractivity contribution is 7.15. The van der Waals surface area contributed by atoms with Crippen molar-refractivity contribution in [1.82, 2.24) is 25.5 Å². The molecule has 20 heavy (non-hydrogen) atoms. The Balaban J connectivity index is 2.09. The predicted octanol–water partition coefficient (Wildman–Crippen LogP) is 1.74. The second kappa shape index (κ2) is 5.32.